The van der Waals surface area contributed by atoms with Crippen molar-refractivity contribution in [2.24, 2.45) is 0 Å². The average molecular weight is 426 g/mol. The molecule has 0 spiro atoms. The van der Waals surface area contributed by atoms with Gasteiger partial charge in [0.2, 0.25) is 0 Å². The third-order valence-electron chi connectivity index (χ3n) is 4.62. The fourth-order valence-electron chi connectivity index (χ4n) is 3.18. The molecular weight excluding hydrogens is 402 g/mol. The van der Waals surface area contributed by atoms with E-state index in [1.54, 1.807) is 12.1 Å². The highest BCUT2D eigenvalue weighted by Crippen LogP contribution is 2.25. The summed E-state index contributed by atoms with van der Waals surface area (Å²) < 4.78 is 38.5. The molecule has 0 radical (unpaired) electrons. The maximum absolute atomic E-state index is 12.4. The predicted octanol–water partition coefficient (Wildman–Crippen LogP) is 4.45. The lowest BCUT2D eigenvalue weighted by atomic mass is 9.98. The predicted molar refractivity (Wildman–Crippen MR) is 114 cm³/mol. The third-order valence-corrected chi connectivity index (χ3v) is 5.58. The summed E-state index contributed by atoms with van der Waals surface area (Å²) in [6.07, 6.45) is -0.449. The van der Waals surface area contributed by atoms with Crippen LogP contribution in [0.2, 0.25) is 0 Å². The van der Waals surface area contributed by atoms with Gasteiger partial charge < -0.3 is 10.1 Å². The lowest BCUT2D eigenvalue weighted by molar-refractivity contribution is 0.135. The fourth-order valence-corrected chi connectivity index (χ4v) is 3.90. The molecule has 0 fully saturated rings. The van der Waals surface area contributed by atoms with Crippen molar-refractivity contribution < 1.29 is 22.5 Å². The number of alkyl carbamates (subject to hydrolysis) is 1. The Kier molecular flexibility index (Phi) is 6.87. The van der Waals surface area contributed by atoms with Gasteiger partial charge in [-0.3, -0.25) is 4.55 Å². The Hall–Kier alpha value is -3.16. The first-order chi connectivity index (χ1) is 14.3. The average Bonchev–Trinajstić information content (AvgIpc) is 2.72. The summed E-state index contributed by atoms with van der Waals surface area (Å²) in [6.45, 7) is 1.95. The van der Waals surface area contributed by atoms with Gasteiger partial charge in [-0.1, -0.05) is 78.4 Å². The van der Waals surface area contributed by atoms with Gasteiger partial charge in [-0.25, -0.2) is 4.79 Å². The standard InChI is InChI=1S/C23H23NO5S/c1-17-12-13-22(30(26,27)28)20(14-17)15-21(19-10-6-3-7-11-19)24-23(25)29-16-18-8-4-2-5-9-18/h2-14,21H,15-16H2,1H3,(H,24,25)(H,26,27,28)/t21-/m1/s1. The van der Waals surface area contributed by atoms with E-state index in [4.69, 9.17) is 4.74 Å². The molecule has 7 heteroatoms. The molecule has 2 N–H and O–H groups in total. The first-order valence-electron chi connectivity index (χ1n) is 9.42. The highest BCUT2D eigenvalue weighted by Gasteiger charge is 2.22. The Balaban J connectivity index is 1.82. The van der Waals surface area contributed by atoms with Crippen LogP contribution in [0.15, 0.2) is 83.8 Å². The maximum Gasteiger partial charge on any atom is 0.407 e. The molecule has 30 heavy (non-hydrogen) atoms. The van der Waals surface area contributed by atoms with Crippen molar-refractivity contribution in [2.75, 3.05) is 0 Å². The van der Waals surface area contributed by atoms with Crippen LogP contribution in [-0.4, -0.2) is 19.1 Å². The molecule has 1 amide bonds. The SMILES string of the molecule is Cc1ccc(S(=O)(=O)O)c(C[C@@H](NC(=O)OCc2ccccc2)c2ccccc2)c1. The van der Waals surface area contributed by atoms with Gasteiger partial charge in [0.15, 0.2) is 0 Å². The van der Waals surface area contributed by atoms with E-state index in [1.165, 1.54) is 6.07 Å². The minimum absolute atomic E-state index is 0.120. The maximum atomic E-state index is 12.4. The van der Waals surface area contributed by atoms with Crippen molar-refractivity contribution in [3.8, 4) is 0 Å². The van der Waals surface area contributed by atoms with Gasteiger partial charge in [-0.2, -0.15) is 8.42 Å². The normalized spacial score (nSPS) is 12.2. The smallest absolute Gasteiger partial charge is 0.407 e. The number of benzene rings is 3. The van der Waals surface area contributed by atoms with E-state index in [1.807, 2.05) is 67.6 Å². The van der Waals surface area contributed by atoms with Gasteiger partial charge in [0.1, 0.15) is 6.61 Å². The Morgan fingerprint density at radius 1 is 1.00 bits per heavy atom. The molecule has 0 saturated carbocycles. The van der Waals surface area contributed by atoms with Crippen molar-refractivity contribution in [2.45, 2.75) is 30.9 Å². The molecule has 0 bridgehead atoms. The molecule has 6 nitrogen and oxygen atoms in total. The van der Waals surface area contributed by atoms with E-state index in [9.17, 15) is 17.8 Å². The van der Waals surface area contributed by atoms with Crippen molar-refractivity contribution >= 4 is 16.2 Å². The van der Waals surface area contributed by atoms with Gasteiger partial charge in [-0.05, 0) is 36.1 Å². The zero-order valence-corrected chi connectivity index (χ0v) is 17.3. The van der Waals surface area contributed by atoms with Crippen LogP contribution >= 0.6 is 0 Å². The summed E-state index contributed by atoms with van der Waals surface area (Å²) in [4.78, 5) is 12.3. The van der Waals surface area contributed by atoms with E-state index in [0.29, 0.717) is 5.56 Å². The van der Waals surface area contributed by atoms with Crippen LogP contribution in [0.1, 0.15) is 28.3 Å². The van der Waals surface area contributed by atoms with E-state index in [0.717, 1.165) is 16.7 Å². The topological polar surface area (TPSA) is 92.7 Å². The molecule has 3 aromatic rings. The minimum Gasteiger partial charge on any atom is -0.445 e. The van der Waals surface area contributed by atoms with Crippen LogP contribution in [0.25, 0.3) is 0 Å². The lowest BCUT2D eigenvalue weighted by Gasteiger charge is -2.20. The third kappa shape index (κ3) is 5.92. The summed E-state index contributed by atoms with van der Waals surface area (Å²) in [7, 11) is -4.40. The number of nitrogens with one attached hydrogen (secondary N) is 1. The number of hydrogen-bond donors (Lipinski definition) is 2. The number of carbonyl (C=O) groups excluding carboxylic acids is 1. The van der Waals surface area contributed by atoms with Crippen molar-refractivity contribution in [3.05, 3.63) is 101 Å². The first-order valence-corrected chi connectivity index (χ1v) is 10.9. The summed E-state index contributed by atoms with van der Waals surface area (Å²) in [6, 6.07) is 22.6. The molecule has 0 aliphatic rings. The zero-order valence-electron chi connectivity index (χ0n) is 16.5. The number of aryl methyl sites for hydroxylation is 1. The van der Waals surface area contributed by atoms with Crippen LogP contribution in [0.4, 0.5) is 4.79 Å². The number of carbonyl (C=O) groups is 1. The molecule has 0 aliphatic carbocycles. The van der Waals surface area contributed by atoms with Crippen molar-refractivity contribution in [3.63, 3.8) is 0 Å². The van der Waals surface area contributed by atoms with Gasteiger partial charge in [0.05, 0.1) is 10.9 Å². The van der Waals surface area contributed by atoms with Crippen LogP contribution in [0, 0.1) is 6.92 Å². The monoisotopic (exact) mass is 425 g/mol. The molecule has 0 aromatic heterocycles. The Morgan fingerprint density at radius 2 is 1.63 bits per heavy atom. The van der Waals surface area contributed by atoms with E-state index in [2.05, 4.69) is 5.32 Å². The molecule has 3 aromatic carbocycles. The number of rotatable bonds is 7. The molecule has 0 unspecified atom stereocenters. The Morgan fingerprint density at radius 3 is 2.27 bits per heavy atom. The number of hydrogen-bond acceptors (Lipinski definition) is 4. The molecule has 1 atom stereocenters. The van der Waals surface area contributed by atoms with Crippen molar-refractivity contribution in [1.82, 2.24) is 5.32 Å². The fraction of sp³-hybridized carbons (Fsp3) is 0.174. The minimum atomic E-state index is -4.40. The van der Waals surface area contributed by atoms with Gasteiger partial charge >= 0.3 is 6.09 Å². The largest absolute Gasteiger partial charge is 0.445 e. The molecule has 156 valence electrons. The molecule has 0 saturated heterocycles. The van der Waals surface area contributed by atoms with Crippen LogP contribution in [-0.2, 0) is 27.9 Å². The quantitative estimate of drug-likeness (QED) is 0.546. The second-order valence-corrected chi connectivity index (χ2v) is 8.35. The van der Waals surface area contributed by atoms with Crippen LogP contribution in [0.5, 0.6) is 0 Å². The highest BCUT2D eigenvalue weighted by molar-refractivity contribution is 7.85. The lowest BCUT2D eigenvalue weighted by Crippen LogP contribution is -2.30. The zero-order chi connectivity index (χ0) is 21.6. The summed E-state index contributed by atoms with van der Waals surface area (Å²) in [5, 5.41) is 2.81. The number of amides is 1. The van der Waals surface area contributed by atoms with E-state index in [-0.39, 0.29) is 17.9 Å². The Bertz CT molecular complexity index is 1100. The van der Waals surface area contributed by atoms with Crippen LogP contribution in [0.3, 0.4) is 0 Å². The summed E-state index contributed by atoms with van der Waals surface area (Å²) in [5.41, 5.74) is 2.90. The highest BCUT2D eigenvalue weighted by atomic mass is 32.2. The molecular formula is C23H23NO5S. The number of ether oxygens (including phenoxy) is 1. The summed E-state index contributed by atoms with van der Waals surface area (Å²) >= 11 is 0. The molecule has 3 rings (SSSR count). The summed E-state index contributed by atoms with van der Waals surface area (Å²) in [5.74, 6) is 0. The van der Waals surface area contributed by atoms with E-state index >= 15 is 0 Å². The first kappa shape index (κ1) is 21.5. The second-order valence-electron chi connectivity index (χ2n) is 6.96. The van der Waals surface area contributed by atoms with Gasteiger partial charge in [-0.15, -0.1) is 0 Å². The van der Waals surface area contributed by atoms with E-state index < -0.39 is 22.3 Å². The van der Waals surface area contributed by atoms with Crippen LogP contribution < -0.4 is 5.32 Å². The van der Waals surface area contributed by atoms with Gasteiger partial charge in [0, 0.05) is 0 Å². The second kappa shape index (κ2) is 9.56. The van der Waals surface area contributed by atoms with Gasteiger partial charge in [0.25, 0.3) is 10.1 Å². The molecule has 0 heterocycles. The Labute approximate surface area is 176 Å². The van der Waals surface area contributed by atoms with Crippen molar-refractivity contribution in [1.29, 1.82) is 0 Å². The molecule has 0 aliphatic heterocycles.